The normalized spacial score (nSPS) is 12.4. The Balaban J connectivity index is 1.75. The lowest BCUT2D eigenvalue weighted by Crippen LogP contribution is -2.36. The van der Waals surface area contributed by atoms with Gasteiger partial charge in [-0.1, -0.05) is 65.0 Å². The Kier molecular flexibility index (Phi) is 8.72. The Hall–Kier alpha value is -2.71. The third-order valence-electron chi connectivity index (χ3n) is 6.45. The molecule has 3 aromatic rings. The Bertz CT molecular complexity index is 1250. The summed E-state index contributed by atoms with van der Waals surface area (Å²) in [5, 5.41) is 3.07. The smallest absolute Gasteiger partial charge is 0.243 e. The van der Waals surface area contributed by atoms with Gasteiger partial charge in [0.25, 0.3) is 0 Å². The first kappa shape index (κ1) is 26.9. The number of carbonyl (C=O) groups excluding carboxylic acids is 1. The highest BCUT2D eigenvalue weighted by Crippen LogP contribution is 2.24. The molecule has 0 unspecified atom stereocenters. The highest BCUT2D eigenvalue weighted by atomic mass is 32.2. The van der Waals surface area contributed by atoms with Gasteiger partial charge in [0, 0.05) is 44.4 Å². The third kappa shape index (κ3) is 6.11. The van der Waals surface area contributed by atoms with Crippen LogP contribution < -0.4 is 5.32 Å². The van der Waals surface area contributed by atoms with Crippen LogP contribution in [0.15, 0.2) is 53.4 Å². The molecule has 0 saturated heterocycles. The summed E-state index contributed by atoms with van der Waals surface area (Å²) in [6, 6.07) is 15.3. The number of hydrogen-bond acceptors (Lipinski definition) is 4. The third-order valence-corrected chi connectivity index (χ3v) is 8.49. The average molecular weight is 499 g/mol. The summed E-state index contributed by atoms with van der Waals surface area (Å²) in [5.41, 5.74) is 2.55. The summed E-state index contributed by atoms with van der Waals surface area (Å²) in [6.45, 7) is 12.1. The Morgan fingerprint density at radius 1 is 1.06 bits per heavy atom. The van der Waals surface area contributed by atoms with Crippen LogP contribution in [0.5, 0.6) is 0 Å². The largest absolute Gasteiger partial charge is 0.355 e. The van der Waals surface area contributed by atoms with Crippen molar-refractivity contribution in [2.24, 2.45) is 0 Å². The van der Waals surface area contributed by atoms with Crippen LogP contribution >= 0.6 is 0 Å². The first-order valence-corrected chi connectivity index (χ1v) is 13.9. The predicted molar refractivity (Wildman–Crippen MR) is 141 cm³/mol. The molecule has 7 nitrogen and oxygen atoms in total. The van der Waals surface area contributed by atoms with Crippen LogP contribution in [0, 0.1) is 0 Å². The van der Waals surface area contributed by atoms with Gasteiger partial charge in [-0.3, -0.25) is 4.79 Å². The fourth-order valence-corrected chi connectivity index (χ4v) is 5.80. The van der Waals surface area contributed by atoms with Crippen molar-refractivity contribution in [3.8, 4) is 0 Å². The van der Waals surface area contributed by atoms with E-state index >= 15 is 0 Å². The van der Waals surface area contributed by atoms with Crippen molar-refractivity contribution < 1.29 is 13.2 Å². The molecule has 0 aliphatic heterocycles. The SMILES string of the molecule is CCCn1c(CCC(=O)NCC(C)(C)c2ccccc2)nc2cc(S(=O)(=O)N(CC)CC)ccc21. The van der Waals surface area contributed by atoms with Crippen molar-refractivity contribution in [1.29, 1.82) is 0 Å². The van der Waals surface area contributed by atoms with Gasteiger partial charge in [0.2, 0.25) is 15.9 Å². The van der Waals surface area contributed by atoms with E-state index in [-0.39, 0.29) is 16.2 Å². The van der Waals surface area contributed by atoms with E-state index in [4.69, 9.17) is 4.98 Å². The second kappa shape index (κ2) is 11.4. The Morgan fingerprint density at radius 2 is 1.74 bits per heavy atom. The molecular weight excluding hydrogens is 460 g/mol. The molecule has 0 spiro atoms. The molecule has 0 bridgehead atoms. The molecule has 190 valence electrons. The molecule has 35 heavy (non-hydrogen) atoms. The van der Waals surface area contributed by atoms with Crippen LogP contribution in [0.1, 0.15) is 58.8 Å². The van der Waals surface area contributed by atoms with E-state index in [9.17, 15) is 13.2 Å². The molecule has 0 radical (unpaired) electrons. The molecule has 2 aromatic carbocycles. The van der Waals surface area contributed by atoms with Crippen molar-refractivity contribution >= 4 is 27.0 Å². The van der Waals surface area contributed by atoms with E-state index in [0.29, 0.717) is 38.0 Å². The Labute approximate surface area is 209 Å². The highest BCUT2D eigenvalue weighted by molar-refractivity contribution is 7.89. The van der Waals surface area contributed by atoms with Crippen molar-refractivity contribution in [3.63, 3.8) is 0 Å². The number of imidazole rings is 1. The number of hydrogen-bond donors (Lipinski definition) is 1. The number of aryl methyl sites for hydroxylation is 2. The predicted octanol–water partition coefficient (Wildman–Crippen LogP) is 4.50. The number of nitrogens with zero attached hydrogens (tertiary/aromatic N) is 3. The van der Waals surface area contributed by atoms with Gasteiger partial charge in [0.05, 0.1) is 15.9 Å². The van der Waals surface area contributed by atoms with E-state index in [1.807, 2.05) is 38.1 Å². The van der Waals surface area contributed by atoms with Crippen LogP contribution in [-0.4, -0.2) is 47.8 Å². The van der Waals surface area contributed by atoms with Gasteiger partial charge in [0.15, 0.2) is 0 Å². The maximum atomic E-state index is 13.0. The first-order chi connectivity index (χ1) is 16.6. The molecule has 1 heterocycles. The molecule has 0 atom stereocenters. The highest BCUT2D eigenvalue weighted by Gasteiger charge is 2.24. The van der Waals surface area contributed by atoms with Crippen molar-refractivity contribution in [2.45, 2.75) is 70.7 Å². The lowest BCUT2D eigenvalue weighted by Gasteiger charge is -2.25. The number of aromatic nitrogens is 2. The average Bonchev–Trinajstić information content (AvgIpc) is 3.19. The minimum absolute atomic E-state index is 0.0195. The summed E-state index contributed by atoms with van der Waals surface area (Å²) in [7, 11) is -3.56. The van der Waals surface area contributed by atoms with Crippen molar-refractivity contribution in [2.75, 3.05) is 19.6 Å². The molecule has 0 saturated carbocycles. The van der Waals surface area contributed by atoms with Gasteiger partial charge >= 0.3 is 0 Å². The fraction of sp³-hybridized carbons (Fsp3) is 0.481. The number of nitrogens with one attached hydrogen (secondary N) is 1. The summed E-state index contributed by atoms with van der Waals surface area (Å²) >= 11 is 0. The molecule has 8 heteroatoms. The fourth-order valence-electron chi connectivity index (χ4n) is 4.32. The van der Waals surface area contributed by atoms with Gasteiger partial charge < -0.3 is 9.88 Å². The molecule has 0 fully saturated rings. The first-order valence-electron chi connectivity index (χ1n) is 12.5. The van der Waals surface area contributed by atoms with E-state index in [1.54, 1.807) is 12.1 Å². The van der Waals surface area contributed by atoms with Gasteiger partial charge in [-0.05, 0) is 30.2 Å². The van der Waals surface area contributed by atoms with Gasteiger partial charge in [0.1, 0.15) is 5.82 Å². The number of amides is 1. The number of rotatable bonds is 12. The van der Waals surface area contributed by atoms with E-state index in [0.717, 1.165) is 24.3 Å². The zero-order valence-corrected chi connectivity index (χ0v) is 22.4. The zero-order valence-electron chi connectivity index (χ0n) is 21.5. The number of fused-ring (bicyclic) bond motifs is 1. The number of sulfonamides is 1. The maximum Gasteiger partial charge on any atom is 0.243 e. The van der Waals surface area contributed by atoms with Crippen molar-refractivity contribution in [3.05, 3.63) is 59.9 Å². The summed E-state index contributed by atoms with van der Waals surface area (Å²) in [5.74, 6) is 0.783. The summed E-state index contributed by atoms with van der Waals surface area (Å²) in [4.78, 5) is 17.7. The zero-order chi connectivity index (χ0) is 25.6. The molecule has 1 amide bonds. The number of carbonyl (C=O) groups is 1. The second-order valence-corrected chi connectivity index (χ2v) is 11.4. The topological polar surface area (TPSA) is 84.3 Å². The molecule has 0 aliphatic rings. The van der Waals surface area contributed by atoms with E-state index in [2.05, 4.69) is 42.8 Å². The minimum Gasteiger partial charge on any atom is -0.355 e. The van der Waals surface area contributed by atoms with Crippen LogP contribution in [0.25, 0.3) is 11.0 Å². The Morgan fingerprint density at radius 3 is 2.37 bits per heavy atom. The molecule has 0 aliphatic carbocycles. The summed E-state index contributed by atoms with van der Waals surface area (Å²) in [6.07, 6.45) is 1.72. The summed E-state index contributed by atoms with van der Waals surface area (Å²) < 4.78 is 29.5. The standard InChI is InChI=1S/C27H38N4O3S/c1-6-18-31-24-15-14-22(35(33,34)30(7-2)8-3)19-23(24)29-25(31)16-17-26(32)28-20-27(4,5)21-12-10-9-11-13-21/h9-15,19H,6-8,16-18,20H2,1-5H3,(H,28,32). The monoisotopic (exact) mass is 498 g/mol. The maximum absolute atomic E-state index is 13.0. The van der Waals surface area contributed by atoms with Gasteiger partial charge in [-0.2, -0.15) is 4.31 Å². The molecule has 1 aromatic heterocycles. The number of benzene rings is 2. The van der Waals surface area contributed by atoms with Gasteiger partial charge in [-0.25, -0.2) is 13.4 Å². The van der Waals surface area contributed by atoms with Crippen molar-refractivity contribution in [1.82, 2.24) is 19.2 Å². The molecule has 1 N–H and O–H groups in total. The lowest BCUT2D eigenvalue weighted by molar-refractivity contribution is -0.121. The molecule has 3 rings (SSSR count). The van der Waals surface area contributed by atoms with Crippen LogP contribution in [0.2, 0.25) is 0 Å². The van der Waals surface area contributed by atoms with Crippen LogP contribution in [0.3, 0.4) is 0 Å². The van der Waals surface area contributed by atoms with Crippen LogP contribution in [-0.2, 0) is 33.2 Å². The lowest BCUT2D eigenvalue weighted by atomic mass is 9.84. The quantitative estimate of drug-likeness (QED) is 0.398. The van der Waals surface area contributed by atoms with E-state index < -0.39 is 10.0 Å². The van der Waals surface area contributed by atoms with Crippen LogP contribution in [0.4, 0.5) is 0 Å². The molecular formula is C27H38N4O3S. The van der Waals surface area contributed by atoms with E-state index in [1.165, 1.54) is 9.87 Å². The second-order valence-electron chi connectivity index (χ2n) is 9.45. The minimum atomic E-state index is -3.56. The van der Waals surface area contributed by atoms with Gasteiger partial charge in [-0.15, -0.1) is 0 Å².